The minimum Gasteiger partial charge on any atom is -0.390 e. The molecule has 82 valence electrons. The van der Waals surface area contributed by atoms with E-state index in [1.165, 1.54) is 0 Å². The topological polar surface area (TPSA) is 41.5 Å². The lowest BCUT2D eigenvalue weighted by molar-refractivity contribution is 0.0434. The van der Waals surface area contributed by atoms with Gasteiger partial charge in [-0.25, -0.2) is 0 Å². The van der Waals surface area contributed by atoms with E-state index in [-0.39, 0.29) is 0 Å². The molecule has 0 aromatic heterocycles. The molecule has 0 radical (unpaired) electrons. The smallest absolute Gasteiger partial charge is 0.0641 e. The van der Waals surface area contributed by atoms with E-state index >= 15 is 0 Å². The number of hydrogen-bond acceptors (Lipinski definition) is 3. The normalized spacial score (nSPS) is 14.7. The van der Waals surface area contributed by atoms with Gasteiger partial charge in [0.05, 0.1) is 12.2 Å². The van der Waals surface area contributed by atoms with Crippen molar-refractivity contribution in [2.75, 3.05) is 26.8 Å². The molecule has 0 heterocycles. The van der Waals surface area contributed by atoms with Crippen molar-refractivity contribution in [1.29, 1.82) is 0 Å². The molecule has 1 atom stereocenters. The van der Waals surface area contributed by atoms with Crippen molar-refractivity contribution in [3.05, 3.63) is 0 Å². The van der Waals surface area contributed by atoms with Crippen LogP contribution in [0.2, 0.25) is 0 Å². The Morgan fingerprint density at radius 3 is 2.71 bits per heavy atom. The quantitative estimate of drug-likeness (QED) is 0.448. The van der Waals surface area contributed by atoms with E-state index in [0.717, 1.165) is 19.5 Å². The fraction of sp³-hybridized carbons (Fsp3) is 0.818. The van der Waals surface area contributed by atoms with Gasteiger partial charge in [0.25, 0.3) is 0 Å². The zero-order valence-electron chi connectivity index (χ0n) is 9.18. The second-order valence-corrected chi connectivity index (χ2v) is 3.69. The van der Waals surface area contributed by atoms with Crippen molar-refractivity contribution in [3.8, 4) is 12.3 Å². The van der Waals surface area contributed by atoms with E-state index in [0.29, 0.717) is 19.4 Å². The van der Waals surface area contributed by atoms with E-state index in [2.05, 4.69) is 11.2 Å². The van der Waals surface area contributed by atoms with Gasteiger partial charge < -0.3 is 15.2 Å². The van der Waals surface area contributed by atoms with E-state index in [4.69, 9.17) is 11.2 Å². The van der Waals surface area contributed by atoms with Crippen molar-refractivity contribution < 1.29 is 9.84 Å². The molecule has 14 heavy (non-hydrogen) atoms. The van der Waals surface area contributed by atoms with Crippen molar-refractivity contribution >= 4 is 0 Å². The summed E-state index contributed by atoms with van der Waals surface area (Å²) in [4.78, 5) is 0. The molecule has 0 rings (SSSR count). The maximum Gasteiger partial charge on any atom is 0.0641 e. The Labute approximate surface area is 86.8 Å². The van der Waals surface area contributed by atoms with Crippen molar-refractivity contribution in [2.24, 2.45) is 0 Å². The van der Waals surface area contributed by atoms with E-state index < -0.39 is 5.60 Å². The second-order valence-electron chi connectivity index (χ2n) is 3.69. The van der Waals surface area contributed by atoms with Gasteiger partial charge >= 0.3 is 0 Å². The molecule has 3 nitrogen and oxygen atoms in total. The number of rotatable bonds is 8. The maximum absolute atomic E-state index is 9.84. The summed E-state index contributed by atoms with van der Waals surface area (Å²) < 4.78 is 4.89. The average Bonchev–Trinajstić information content (AvgIpc) is 2.15. The van der Waals surface area contributed by atoms with Crippen LogP contribution in [0.3, 0.4) is 0 Å². The highest BCUT2D eigenvalue weighted by molar-refractivity contribution is 4.87. The molecule has 2 N–H and O–H groups in total. The lowest BCUT2D eigenvalue weighted by atomic mass is 9.96. The van der Waals surface area contributed by atoms with Crippen molar-refractivity contribution in [2.45, 2.75) is 31.8 Å². The summed E-state index contributed by atoms with van der Waals surface area (Å²) in [6, 6.07) is 0. The van der Waals surface area contributed by atoms with E-state index in [1.807, 2.05) is 6.92 Å². The van der Waals surface area contributed by atoms with Crippen LogP contribution in [0.4, 0.5) is 0 Å². The molecule has 0 aliphatic rings. The van der Waals surface area contributed by atoms with E-state index in [1.54, 1.807) is 7.11 Å². The molecule has 0 aliphatic carbocycles. The highest BCUT2D eigenvalue weighted by Gasteiger charge is 2.18. The predicted octanol–water partition coefficient (Wildman–Crippen LogP) is 0.777. The highest BCUT2D eigenvalue weighted by atomic mass is 16.5. The average molecular weight is 199 g/mol. The third kappa shape index (κ3) is 8.06. The molecule has 0 spiro atoms. The fourth-order valence-electron chi connectivity index (χ4n) is 1.12. The predicted molar refractivity (Wildman–Crippen MR) is 58.1 cm³/mol. The number of aliphatic hydroxyl groups is 1. The summed E-state index contributed by atoms with van der Waals surface area (Å²) in [5, 5.41) is 13.0. The van der Waals surface area contributed by atoms with Crippen LogP contribution < -0.4 is 5.32 Å². The SMILES string of the molecule is C#CCCC(C)(O)CCNCCOC. The van der Waals surface area contributed by atoms with Crippen LogP contribution in [0, 0.1) is 12.3 Å². The van der Waals surface area contributed by atoms with Crippen LogP contribution in [0.25, 0.3) is 0 Å². The summed E-state index contributed by atoms with van der Waals surface area (Å²) in [7, 11) is 1.67. The number of terminal acetylenes is 1. The minimum atomic E-state index is -0.646. The molecule has 1 unspecified atom stereocenters. The van der Waals surface area contributed by atoms with Crippen LogP contribution >= 0.6 is 0 Å². The third-order valence-electron chi connectivity index (χ3n) is 2.13. The first kappa shape index (κ1) is 13.4. The van der Waals surface area contributed by atoms with Gasteiger partial charge in [0.15, 0.2) is 0 Å². The van der Waals surface area contributed by atoms with Gasteiger partial charge in [-0.15, -0.1) is 12.3 Å². The summed E-state index contributed by atoms with van der Waals surface area (Å²) in [5.41, 5.74) is -0.646. The summed E-state index contributed by atoms with van der Waals surface area (Å²) >= 11 is 0. The number of hydrogen-bond donors (Lipinski definition) is 2. The molecule has 0 bridgehead atoms. The zero-order chi connectivity index (χ0) is 10.9. The van der Waals surface area contributed by atoms with Crippen LogP contribution in [-0.4, -0.2) is 37.5 Å². The first-order chi connectivity index (χ1) is 6.62. The summed E-state index contributed by atoms with van der Waals surface area (Å²) in [6.45, 7) is 4.14. The van der Waals surface area contributed by atoms with Gasteiger partial charge in [-0.2, -0.15) is 0 Å². The van der Waals surface area contributed by atoms with Gasteiger partial charge in [-0.05, 0) is 26.3 Å². The molecule has 0 aliphatic heterocycles. The lowest BCUT2D eigenvalue weighted by Gasteiger charge is -2.22. The summed E-state index contributed by atoms with van der Waals surface area (Å²) in [5.74, 6) is 2.53. The summed E-state index contributed by atoms with van der Waals surface area (Å²) in [6.07, 6.45) is 7.15. The van der Waals surface area contributed by atoms with Crippen LogP contribution in [0.1, 0.15) is 26.2 Å². The van der Waals surface area contributed by atoms with Crippen molar-refractivity contribution in [3.63, 3.8) is 0 Å². The molecule has 0 fully saturated rings. The Balaban J connectivity index is 3.41. The first-order valence-corrected chi connectivity index (χ1v) is 4.98. The van der Waals surface area contributed by atoms with Gasteiger partial charge in [0, 0.05) is 20.1 Å². The number of methoxy groups -OCH3 is 1. The molecule has 3 heteroatoms. The minimum absolute atomic E-state index is 0.630. The number of ether oxygens (including phenoxy) is 1. The Morgan fingerprint density at radius 1 is 1.43 bits per heavy atom. The highest BCUT2D eigenvalue weighted by Crippen LogP contribution is 2.15. The van der Waals surface area contributed by atoms with Crippen LogP contribution in [0.5, 0.6) is 0 Å². The first-order valence-electron chi connectivity index (χ1n) is 4.98. The number of nitrogens with one attached hydrogen (secondary N) is 1. The Bertz CT molecular complexity index is 173. The Kier molecular flexibility index (Phi) is 7.50. The molecule has 0 aromatic carbocycles. The monoisotopic (exact) mass is 199 g/mol. The standard InChI is InChI=1S/C11H21NO2/c1-4-5-6-11(2,13)7-8-12-9-10-14-3/h1,12-13H,5-10H2,2-3H3. The molecule has 0 aromatic rings. The van der Waals surface area contributed by atoms with Gasteiger partial charge in [0.1, 0.15) is 0 Å². The second kappa shape index (κ2) is 7.81. The Morgan fingerprint density at radius 2 is 2.14 bits per heavy atom. The lowest BCUT2D eigenvalue weighted by Crippen LogP contribution is -2.31. The molecule has 0 saturated carbocycles. The molecule has 0 amide bonds. The van der Waals surface area contributed by atoms with Gasteiger partial charge in [0.2, 0.25) is 0 Å². The fourth-order valence-corrected chi connectivity index (χ4v) is 1.12. The Hall–Kier alpha value is -0.560. The molecular weight excluding hydrogens is 178 g/mol. The largest absolute Gasteiger partial charge is 0.390 e. The van der Waals surface area contributed by atoms with Gasteiger partial charge in [-0.1, -0.05) is 0 Å². The van der Waals surface area contributed by atoms with Crippen molar-refractivity contribution in [1.82, 2.24) is 5.32 Å². The molecular formula is C11H21NO2. The van der Waals surface area contributed by atoms with Gasteiger partial charge in [-0.3, -0.25) is 0 Å². The maximum atomic E-state index is 9.84. The zero-order valence-corrected chi connectivity index (χ0v) is 9.18. The van der Waals surface area contributed by atoms with Crippen LogP contribution in [0.15, 0.2) is 0 Å². The molecule has 0 saturated heterocycles. The third-order valence-corrected chi connectivity index (χ3v) is 2.13. The van der Waals surface area contributed by atoms with Crippen LogP contribution in [-0.2, 0) is 4.74 Å². The van der Waals surface area contributed by atoms with E-state index in [9.17, 15) is 5.11 Å².